The minimum absolute atomic E-state index is 0.250. The molecule has 20 heavy (non-hydrogen) atoms. The van der Waals surface area contributed by atoms with E-state index in [1.54, 1.807) is 12.1 Å². The zero-order valence-electron chi connectivity index (χ0n) is 12.1. The maximum absolute atomic E-state index is 13.7. The second-order valence-corrected chi connectivity index (χ2v) is 5.19. The molecule has 0 spiro atoms. The van der Waals surface area contributed by atoms with Gasteiger partial charge in [-0.15, -0.1) is 0 Å². The van der Waals surface area contributed by atoms with Crippen LogP contribution < -0.4 is 10.5 Å². The third-order valence-corrected chi connectivity index (χ3v) is 3.37. The van der Waals surface area contributed by atoms with Crippen LogP contribution in [-0.2, 0) is 0 Å². The Kier molecular flexibility index (Phi) is 4.40. The van der Waals surface area contributed by atoms with Crippen molar-refractivity contribution in [2.75, 3.05) is 0 Å². The lowest BCUT2D eigenvalue weighted by molar-refractivity contribution is 0.182. The van der Waals surface area contributed by atoms with Crippen LogP contribution in [0.5, 0.6) is 5.75 Å². The second kappa shape index (κ2) is 6.06. The number of hydrogen-bond acceptors (Lipinski definition) is 2. The molecule has 0 aliphatic rings. The molecule has 106 valence electrons. The van der Waals surface area contributed by atoms with E-state index in [0.717, 1.165) is 11.1 Å². The van der Waals surface area contributed by atoms with Crippen LogP contribution in [0.25, 0.3) is 0 Å². The second-order valence-electron chi connectivity index (χ2n) is 5.19. The summed E-state index contributed by atoms with van der Waals surface area (Å²) in [4.78, 5) is 0. The lowest BCUT2D eigenvalue weighted by Crippen LogP contribution is -2.29. The smallest absolute Gasteiger partial charge is 0.165 e. The summed E-state index contributed by atoms with van der Waals surface area (Å²) >= 11 is 0. The Morgan fingerprint density at radius 3 is 2.25 bits per heavy atom. The van der Waals surface area contributed by atoms with Crippen LogP contribution in [0.15, 0.2) is 42.5 Å². The standard InChI is InChI=1S/C17H20FNO/c1-11-4-7-14(8-5-11)17(19)13(3)20-16-10-12(2)6-9-15(16)18/h4-10,13,17H,19H2,1-3H3. The van der Waals surface area contributed by atoms with Crippen molar-refractivity contribution in [3.05, 3.63) is 65.0 Å². The van der Waals surface area contributed by atoms with Crippen molar-refractivity contribution in [2.24, 2.45) is 5.73 Å². The third-order valence-electron chi connectivity index (χ3n) is 3.37. The van der Waals surface area contributed by atoms with Crippen LogP contribution in [-0.4, -0.2) is 6.10 Å². The fourth-order valence-electron chi connectivity index (χ4n) is 2.03. The molecule has 0 aliphatic heterocycles. The minimum atomic E-state index is -0.362. The van der Waals surface area contributed by atoms with Gasteiger partial charge in [0, 0.05) is 0 Å². The highest BCUT2D eigenvalue weighted by atomic mass is 19.1. The summed E-state index contributed by atoms with van der Waals surface area (Å²) in [6.07, 6.45) is -0.311. The average molecular weight is 273 g/mol. The first kappa shape index (κ1) is 14.5. The number of benzene rings is 2. The van der Waals surface area contributed by atoms with Crippen LogP contribution in [0.2, 0.25) is 0 Å². The Hall–Kier alpha value is -1.87. The molecule has 2 rings (SSSR count). The summed E-state index contributed by atoms with van der Waals surface area (Å²) in [6, 6.07) is 12.5. The molecule has 2 aromatic rings. The maximum Gasteiger partial charge on any atom is 0.165 e. The molecular weight excluding hydrogens is 253 g/mol. The van der Waals surface area contributed by atoms with Gasteiger partial charge in [0.25, 0.3) is 0 Å². The Balaban J connectivity index is 2.13. The Morgan fingerprint density at radius 2 is 1.60 bits per heavy atom. The predicted octanol–water partition coefficient (Wildman–Crippen LogP) is 3.91. The molecule has 0 saturated heterocycles. The van der Waals surface area contributed by atoms with Gasteiger partial charge in [0.05, 0.1) is 6.04 Å². The molecule has 0 fully saturated rings. The number of ether oxygens (including phenoxy) is 1. The van der Waals surface area contributed by atoms with E-state index in [2.05, 4.69) is 0 Å². The lowest BCUT2D eigenvalue weighted by atomic mass is 10.0. The first-order valence-electron chi connectivity index (χ1n) is 6.72. The van der Waals surface area contributed by atoms with Gasteiger partial charge in [0.1, 0.15) is 6.10 Å². The third kappa shape index (κ3) is 3.36. The van der Waals surface area contributed by atoms with E-state index in [0.29, 0.717) is 0 Å². The summed E-state index contributed by atoms with van der Waals surface area (Å²) in [5.41, 5.74) is 9.30. The Labute approximate surface area is 119 Å². The first-order valence-corrected chi connectivity index (χ1v) is 6.72. The summed E-state index contributed by atoms with van der Waals surface area (Å²) in [5.74, 6) is -0.112. The Bertz CT molecular complexity index is 580. The van der Waals surface area contributed by atoms with Crippen LogP contribution in [0.1, 0.15) is 29.7 Å². The van der Waals surface area contributed by atoms with Crippen LogP contribution >= 0.6 is 0 Å². The van der Waals surface area contributed by atoms with Gasteiger partial charge in [-0.2, -0.15) is 0 Å². The van der Waals surface area contributed by atoms with E-state index in [9.17, 15) is 4.39 Å². The molecule has 0 saturated carbocycles. The molecule has 2 nitrogen and oxygen atoms in total. The molecule has 2 atom stereocenters. The number of aryl methyl sites for hydroxylation is 2. The van der Waals surface area contributed by atoms with Crippen molar-refractivity contribution >= 4 is 0 Å². The highest BCUT2D eigenvalue weighted by Gasteiger charge is 2.18. The van der Waals surface area contributed by atoms with Crippen molar-refractivity contribution in [1.82, 2.24) is 0 Å². The van der Waals surface area contributed by atoms with E-state index in [1.807, 2.05) is 45.0 Å². The highest BCUT2D eigenvalue weighted by molar-refractivity contribution is 5.30. The van der Waals surface area contributed by atoms with Crippen LogP contribution in [0, 0.1) is 19.7 Å². The zero-order valence-corrected chi connectivity index (χ0v) is 12.1. The quantitative estimate of drug-likeness (QED) is 0.916. The van der Waals surface area contributed by atoms with Gasteiger partial charge >= 0.3 is 0 Å². The van der Waals surface area contributed by atoms with Crippen molar-refractivity contribution in [1.29, 1.82) is 0 Å². The SMILES string of the molecule is Cc1ccc(C(N)C(C)Oc2cc(C)ccc2F)cc1. The number of nitrogens with two attached hydrogens (primary N) is 1. The average Bonchev–Trinajstić information content (AvgIpc) is 2.43. The van der Waals surface area contributed by atoms with E-state index in [4.69, 9.17) is 10.5 Å². The van der Waals surface area contributed by atoms with Crippen molar-refractivity contribution < 1.29 is 9.13 Å². The zero-order chi connectivity index (χ0) is 14.7. The molecule has 0 aliphatic carbocycles. The summed E-state index contributed by atoms with van der Waals surface area (Å²) < 4.78 is 19.4. The normalized spacial score (nSPS) is 13.8. The largest absolute Gasteiger partial charge is 0.486 e. The van der Waals surface area contributed by atoms with Crippen molar-refractivity contribution in [3.8, 4) is 5.75 Å². The van der Waals surface area contributed by atoms with Crippen molar-refractivity contribution in [2.45, 2.75) is 32.9 Å². The summed E-state index contributed by atoms with van der Waals surface area (Å²) in [7, 11) is 0. The molecule has 2 aromatic carbocycles. The molecule has 0 aromatic heterocycles. The van der Waals surface area contributed by atoms with Gasteiger partial charge in [-0.1, -0.05) is 35.9 Å². The van der Waals surface area contributed by atoms with Gasteiger partial charge < -0.3 is 10.5 Å². The molecule has 0 heterocycles. The monoisotopic (exact) mass is 273 g/mol. The van der Waals surface area contributed by atoms with Gasteiger partial charge in [-0.25, -0.2) is 4.39 Å². The van der Waals surface area contributed by atoms with Crippen LogP contribution in [0.4, 0.5) is 4.39 Å². The summed E-state index contributed by atoms with van der Waals surface area (Å²) in [5, 5.41) is 0. The lowest BCUT2D eigenvalue weighted by Gasteiger charge is -2.22. The van der Waals surface area contributed by atoms with E-state index < -0.39 is 0 Å². The topological polar surface area (TPSA) is 35.2 Å². The fraction of sp³-hybridized carbons (Fsp3) is 0.294. The fourth-order valence-corrected chi connectivity index (χ4v) is 2.03. The van der Waals surface area contributed by atoms with E-state index >= 15 is 0 Å². The molecule has 0 radical (unpaired) electrons. The molecule has 2 N–H and O–H groups in total. The number of rotatable bonds is 4. The van der Waals surface area contributed by atoms with Gasteiger partial charge in [0.2, 0.25) is 0 Å². The van der Waals surface area contributed by atoms with E-state index in [1.165, 1.54) is 11.6 Å². The van der Waals surface area contributed by atoms with Crippen molar-refractivity contribution in [3.63, 3.8) is 0 Å². The van der Waals surface area contributed by atoms with Crippen LogP contribution in [0.3, 0.4) is 0 Å². The minimum Gasteiger partial charge on any atom is -0.486 e. The predicted molar refractivity (Wildman–Crippen MR) is 79.3 cm³/mol. The highest BCUT2D eigenvalue weighted by Crippen LogP contribution is 2.24. The first-order chi connectivity index (χ1) is 9.47. The maximum atomic E-state index is 13.7. The number of halogens is 1. The number of hydrogen-bond donors (Lipinski definition) is 1. The van der Waals surface area contributed by atoms with Gasteiger partial charge in [-0.05, 0) is 44.0 Å². The molecule has 0 amide bonds. The molecule has 3 heteroatoms. The van der Waals surface area contributed by atoms with E-state index in [-0.39, 0.29) is 23.7 Å². The van der Waals surface area contributed by atoms with Gasteiger partial charge in [0.15, 0.2) is 11.6 Å². The molecule has 0 bridgehead atoms. The summed E-state index contributed by atoms with van der Waals surface area (Å²) in [6.45, 7) is 5.78. The molecule has 2 unspecified atom stereocenters. The molecular formula is C17H20FNO. The Morgan fingerprint density at radius 1 is 1.00 bits per heavy atom. The van der Waals surface area contributed by atoms with Gasteiger partial charge in [-0.3, -0.25) is 0 Å².